The Hall–Kier alpha value is -3.49. The van der Waals surface area contributed by atoms with Crippen molar-refractivity contribution in [1.29, 1.82) is 0 Å². The molecule has 2 atom stereocenters. The first kappa shape index (κ1) is 27.5. The van der Waals surface area contributed by atoms with Gasteiger partial charge in [-0.1, -0.05) is 43.3 Å². The molecule has 1 fully saturated rings. The zero-order valence-electron chi connectivity index (χ0n) is 23.1. The van der Waals surface area contributed by atoms with Crippen molar-refractivity contribution in [3.63, 3.8) is 0 Å². The van der Waals surface area contributed by atoms with Crippen molar-refractivity contribution in [1.82, 2.24) is 24.7 Å². The number of hydrogen-bond donors (Lipinski definition) is 2. The van der Waals surface area contributed by atoms with Crippen molar-refractivity contribution in [2.45, 2.75) is 38.8 Å². The van der Waals surface area contributed by atoms with E-state index in [2.05, 4.69) is 65.6 Å². The number of rotatable bonds is 12. The van der Waals surface area contributed by atoms with Crippen LogP contribution in [-0.2, 0) is 0 Å². The van der Waals surface area contributed by atoms with Gasteiger partial charge < -0.3 is 20.4 Å². The second kappa shape index (κ2) is 12.4. The summed E-state index contributed by atoms with van der Waals surface area (Å²) in [4.78, 5) is 35.3. The highest BCUT2D eigenvalue weighted by Gasteiger charge is 2.25. The number of anilines is 1. The Morgan fingerprint density at radius 3 is 2.53 bits per heavy atom. The van der Waals surface area contributed by atoms with E-state index in [0.29, 0.717) is 11.3 Å². The van der Waals surface area contributed by atoms with Crippen molar-refractivity contribution < 1.29 is 4.79 Å². The molecule has 0 saturated heterocycles. The summed E-state index contributed by atoms with van der Waals surface area (Å²) in [5, 5.41) is 6.50. The lowest BCUT2D eigenvalue weighted by Crippen LogP contribution is -2.36. The van der Waals surface area contributed by atoms with Crippen LogP contribution in [0.2, 0.25) is 0 Å². The Morgan fingerprint density at radius 1 is 1.11 bits per heavy atom. The van der Waals surface area contributed by atoms with Gasteiger partial charge in [-0.05, 0) is 70.1 Å². The van der Waals surface area contributed by atoms with Crippen molar-refractivity contribution in [3.8, 4) is 5.69 Å². The molecule has 2 N–H and O–H groups in total. The zero-order chi connectivity index (χ0) is 27.2. The number of nitrogens with zero attached hydrogens (tertiary/aromatic N) is 4. The predicted octanol–water partition coefficient (Wildman–Crippen LogP) is 3.72. The minimum atomic E-state index is -0.246. The zero-order valence-corrected chi connectivity index (χ0v) is 23.1. The maximum atomic E-state index is 13.7. The highest BCUT2D eigenvalue weighted by atomic mass is 16.2. The Bertz CT molecular complexity index is 1290. The number of amides is 1. The molecule has 202 valence electrons. The number of likely N-dealkylation sites (N-methyl/N-ethyl adjacent to an activating group) is 2. The largest absolute Gasteiger partial charge is 0.358 e. The van der Waals surface area contributed by atoms with Crippen molar-refractivity contribution in [2.24, 2.45) is 5.92 Å². The number of carbonyl (C=O) groups excluding carboxylic acids is 1. The summed E-state index contributed by atoms with van der Waals surface area (Å²) < 4.78 is 1.58. The standard InChI is InChI=1S/C30H40N6O2/c1-21-11-12-24(29(37)32-25-13-14-25)19-26(21)36-16-15-31-28(30(36)38)33-27(23-9-7-6-8-10-23)22(2)20-35(5)18-17-34(3)4/h6-12,15-16,19,22,25,27H,13-14,17-18,20H2,1-5H3,(H,31,33)(H,32,37)/t22-,27+/m0/s1. The monoisotopic (exact) mass is 516 g/mol. The summed E-state index contributed by atoms with van der Waals surface area (Å²) >= 11 is 0. The summed E-state index contributed by atoms with van der Waals surface area (Å²) in [7, 11) is 6.29. The van der Waals surface area contributed by atoms with Gasteiger partial charge >= 0.3 is 0 Å². The van der Waals surface area contributed by atoms with Gasteiger partial charge in [-0.15, -0.1) is 0 Å². The number of benzene rings is 2. The average molecular weight is 517 g/mol. The molecular formula is C30H40N6O2. The van der Waals surface area contributed by atoms with Crippen LogP contribution in [0.4, 0.5) is 5.82 Å². The molecule has 4 rings (SSSR count). The quantitative estimate of drug-likeness (QED) is 0.382. The van der Waals surface area contributed by atoms with Gasteiger partial charge in [-0.3, -0.25) is 14.2 Å². The van der Waals surface area contributed by atoms with E-state index in [-0.39, 0.29) is 35.3 Å². The fourth-order valence-corrected chi connectivity index (χ4v) is 4.63. The Balaban J connectivity index is 1.61. The van der Waals surface area contributed by atoms with Gasteiger partial charge in [-0.2, -0.15) is 0 Å². The topological polar surface area (TPSA) is 82.5 Å². The van der Waals surface area contributed by atoms with Gasteiger partial charge in [0.15, 0.2) is 5.82 Å². The lowest BCUT2D eigenvalue weighted by Gasteiger charge is -2.30. The minimum absolute atomic E-state index is 0.106. The van der Waals surface area contributed by atoms with E-state index in [1.807, 2.05) is 37.3 Å². The molecule has 0 spiro atoms. The first-order chi connectivity index (χ1) is 18.2. The Labute approximate surface area is 225 Å². The van der Waals surface area contributed by atoms with Crippen LogP contribution in [-0.4, -0.2) is 72.1 Å². The lowest BCUT2D eigenvalue weighted by atomic mass is 9.94. The summed E-state index contributed by atoms with van der Waals surface area (Å²) in [6, 6.07) is 15.8. The second-order valence-electron chi connectivity index (χ2n) is 10.8. The normalized spacial score (nSPS) is 14.9. The van der Waals surface area contributed by atoms with Gasteiger partial charge in [0.1, 0.15) is 0 Å². The van der Waals surface area contributed by atoms with Crippen LogP contribution in [0.3, 0.4) is 0 Å². The van der Waals surface area contributed by atoms with Crippen LogP contribution in [0.15, 0.2) is 65.7 Å². The molecule has 1 saturated carbocycles. The molecule has 3 aromatic rings. The molecule has 0 aliphatic heterocycles. The molecule has 1 aliphatic carbocycles. The lowest BCUT2D eigenvalue weighted by molar-refractivity contribution is 0.0951. The van der Waals surface area contributed by atoms with E-state index in [0.717, 1.165) is 43.6 Å². The van der Waals surface area contributed by atoms with E-state index in [1.165, 1.54) is 0 Å². The van der Waals surface area contributed by atoms with Gasteiger partial charge in [0.05, 0.1) is 11.7 Å². The summed E-state index contributed by atoms with van der Waals surface area (Å²) in [5.74, 6) is 0.387. The van der Waals surface area contributed by atoms with Crippen LogP contribution in [0.1, 0.15) is 47.3 Å². The van der Waals surface area contributed by atoms with Crippen molar-refractivity contribution in [2.75, 3.05) is 46.1 Å². The van der Waals surface area contributed by atoms with Gasteiger partial charge in [0.25, 0.3) is 11.5 Å². The molecule has 2 aromatic carbocycles. The maximum absolute atomic E-state index is 13.7. The number of nitrogens with one attached hydrogen (secondary N) is 2. The van der Waals surface area contributed by atoms with Crippen LogP contribution in [0.5, 0.6) is 0 Å². The van der Waals surface area contributed by atoms with Crippen LogP contribution < -0.4 is 16.2 Å². The second-order valence-corrected chi connectivity index (χ2v) is 10.8. The van der Waals surface area contributed by atoms with Crippen molar-refractivity contribution in [3.05, 3.63) is 88.0 Å². The number of aryl methyl sites for hydroxylation is 1. The number of carbonyl (C=O) groups is 1. The van der Waals surface area contributed by atoms with Crippen LogP contribution in [0, 0.1) is 12.8 Å². The summed E-state index contributed by atoms with van der Waals surface area (Å²) in [6.45, 7) is 6.94. The third kappa shape index (κ3) is 7.08. The molecule has 1 aromatic heterocycles. The molecule has 8 heteroatoms. The maximum Gasteiger partial charge on any atom is 0.297 e. The molecule has 8 nitrogen and oxygen atoms in total. The Morgan fingerprint density at radius 2 is 1.84 bits per heavy atom. The minimum Gasteiger partial charge on any atom is -0.358 e. The third-order valence-electron chi connectivity index (χ3n) is 7.03. The number of hydrogen-bond acceptors (Lipinski definition) is 6. The Kier molecular flexibility index (Phi) is 8.97. The summed E-state index contributed by atoms with van der Waals surface area (Å²) in [6.07, 6.45) is 5.34. The molecule has 1 aliphatic rings. The van der Waals surface area contributed by atoms with E-state index >= 15 is 0 Å². The van der Waals surface area contributed by atoms with Gasteiger partial charge in [0, 0.05) is 43.6 Å². The SMILES string of the molecule is Cc1ccc(C(=O)NC2CC2)cc1-n1ccnc(N[C@@H](c2ccccc2)[C@@H](C)CN(C)CCN(C)C)c1=O. The van der Waals surface area contributed by atoms with Crippen LogP contribution >= 0.6 is 0 Å². The van der Waals surface area contributed by atoms with E-state index in [1.54, 1.807) is 23.0 Å². The smallest absolute Gasteiger partial charge is 0.297 e. The predicted molar refractivity (Wildman–Crippen MR) is 153 cm³/mol. The van der Waals surface area contributed by atoms with Crippen molar-refractivity contribution >= 4 is 11.7 Å². The van der Waals surface area contributed by atoms with E-state index in [4.69, 9.17) is 0 Å². The van der Waals surface area contributed by atoms with E-state index in [9.17, 15) is 9.59 Å². The highest BCUT2D eigenvalue weighted by molar-refractivity contribution is 5.95. The molecule has 1 amide bonds. The molecule has 0 bridgehead atoms. The molecule has 1 heterocycles. The highest BCUT2D eigenvalue weighted by Crippen LogP contribution is 2.26. The molecule has 0 radical (unpaired) electrons. The number of aromatic nitrogens is 2. The molecule has 38 heavy (non-hydrogen) atoms. The third-order valence-corrected chi connectivity index (χ3v) is 7.03. The molecule has 0 unspecified atom stereocenters. The van der Waals surface area contributed by atoms with Gasteiger partial charge in [-0.25, -0.2) is 4.98 Å². The molecular weight excluding hydrogens is 476 g/mol. The van der Waals surface area contributed by atoms with Gasteiger partial charge in [0.2, 0.25) is 0 Å². The average Bonchev–Trinajstić information content (AvgIpc) is 3.71. The fraction of sp³-hybridized carbons (Fsp3) is 0.433. The first-order valence-corrected chi connectivity index (χ1v) is 13.4. The first-order valence-electron chi connectivity index (χ1n) is 13.4. The van der Waals surface area contributed by atoms with Crippen LogP contribution in [0.25, 0.3) is 5.69 Å². The fourth-order valence-electron chi connectivity index (χ4n) is 4.63. The van der Waals surface area contributed by atoms with E-state index < -0.39 is 0 Å². The summed E-state index contributed by atoms with van der Waals surface area (Å²) in [5.41, 5.74) is 2.99.